The highest BCUT2D eigenvalue weighted by molar-refractivity contribution is 5.94. The lowest BCUT2D eigenvalue weighted by Gasteiger charge is -2.37. The molecular weight excluding hydrogens is 335 g/mol. The Morgan fingerprint density at radius 1 is 1.23 bits per heavy atom. The maximum Gasteiger partial charge on any atom is 0.241 e. The van der Waals surface area contributed by atoms with Gasteiger partial charge in [0.25, 0.3) is 0 Å². The van der Waals surface area contributed by atoms with Crippen LogP contribution in [-0.2, 0) is 9.59 Å². The minimum absolute atomic E-state index is 0.0909. The Morgan fingerprint density at radius 3 is 2.54 bits per heavy atom. The van der Waals surface area contributed by atoms with Crippen LogP contribution in [0.5, 0.6) is 0 Å². The third-order valence-corrected chi connectivity index (χ3v) is 5.08. The summed E-state index contributed by atoms with van der Waals surface area (Å²) in [4.78, 5) is 28.5. The number of amides is 2. The molecular formula is C19H27FN4O2. The Bertz CT molecular complexity index is 670. The normalized spacial score (nSPS) is 19.8. The van der Waals surface area contributed by atoms with Gasteiger partial charge < -0.3 is 10.6 Å². The molecule has 1 aliphatic heterocycles. The molecule has 1 saturated heterocycles. The average molecular weight is 362 g/mol. The fraction of sp³-hybridized carbons (Fsp3) is 0.579. The number of rotatable bonds is 6. The molecule has 0 aromatic heterocycles. The Balaban J connectivity index is 1.44. The molecule has 2 amide bonds. The number of nitrogens with one attached hydrogen (secondary N) is 2. The van der Waals surface area contributed by atoms with Crippen molar-refractivity contribution in [3.63, 3.8) is 0 Å². The van der Waals surface area contributed by atoms with Crippen molar-refractivity contribution in [2.24, 2.45) is 0 Å². The molecule has 0 spiro atoms. The SMILES string of the molecule is Cc1ccc(NC(=O)C(C)N2CCN(CC(=O)NC3CC3)CC2)cc1F. The molecule has 1 heterocycles. The van der Waals surface area contributed by atoms with Crippen LogP contribution in [0.2, 0.25) is 0 Å². The van der Waals surface area contributed by atoms with Gasteiger partial charge in [-0.3, -0.25) is 19.4 Å². The number of halogens is 1. The first-order chi connectivity index (χ1) is 12.4. The maximum atomic E-state index is 13.6. The van der Waals surface area contributed by atoms with Gasteiger partial charge in [-0.2, -0.15) is 0 Å². The second kappa shape index (κ2) is 8.14. The highest BCUT2D eigenvalue weighted by atomic mass is 19.1. The third-order valence-electron chi connectivity index (χ3n) is 5.08. The highest BCUT2D eigenvalue weighted by Gasteiger charge is 2.28. The molecule has 1 atom stereocenters. The number of hydrogen-bond acceptors (Lipinski definition) is 4. The Morgan fingerprint density at radius 2 is 1.92 bits per heavy atom. The van der Waals surface area contributed by atoms with Crippen LogP contribution in [0.4, 0.5) is 10.1 Å². The minimum atomic E-state index is -0.325. The van der Waals surface area contributed by atoms with Gasteiger partial charge in [0.1, 0.15) is 5.82 Å². The molecule has 2 fully saturated rings. The van der Waals surface area contributed by atoms with E-state index in [4.69, 9.17) is 0 Å². The molecule has 2 aliphatic rings. The number of piperazine rings is 1. The second-order valence-electron chi connectivity index (χ2n) is 7.28. The first-order valence-electron chi connectivity index (χ1n) is 9.25. The lowest BCUT2D eigenvalue weighted by molar-refractivity contribution is -0.124. The van der Waals surface area contributed by atoms with Crippen LogP contribution in [-0.4, -0.2) is 66.4 Å². The van der Waals surface area contributed by atoms with Crippen LogP contribution in [0.3, 0.4) is 0 Å². The van der Waals surface area contributed by atoms with Crippen molar-refractivity contribution >= 4 is 17.5 Å². The predicted molar refractivity (Wildman–Crippen MR) is 98.4 cm³/mol. The van der Waals surface area contributed by atoms with Gasteiger partial charge in [-0.05, 0) is 44.4 Å². The molecule has 1 unspecified atom stereocenters. The molecule has 1 saturated carbocycles. The van der Waals surface area contributed by atoms with E-state index >= 15 is 0 Å². The number of nitrogens with zero attached hydrogens (tertiary/aromatic N) is 2. The number of hydrogen-bond donors (Lipinski definition) is 2. The molecule has 26 heavy (non-hydrogen) atoms. The third kappa shape index (κ3) is 5.02. The standard InChI is InChI=1S/C19H27FN4O2/c1-13-3-4-16(11-17(13)20)22-19(26)14(2)24-9-7-23(8-10-24)12-18(25)21-15-5-6-15/h3-4,11,14-15H,5-10,12H2,1-2H3,(H,21,25)(H,22,26). The average Bonchev–Trinajstić information content (AvgIpc) is 3.42. The quantitative estimate of drug-likeness (QED) is 0.802. The van der Waals surface area contributed by atoms with Gasteiger partial charge in [0.15, 0.2) is 0 Å². The van der Waals surface area contributed by atoms with Crippen molar-refractivity contribution < 1.29 is 14.0 Å². The summed E-state index contributed by atoms with van der Waals surface area (Å²) in [5, 5.41) is 5.78. The van der Waals surface area contributed by atoms with Crippen molar-refractivity contribution in [1.82, 2.24) is 15.1 Å². The number of aryl methyl sites for hydroxylation is 1. The number of anilines is 1. The van der Waals surface area contributed by atoms with E-state index in [9.17, 15) is 14.0 Å². The van der Waals surface area contributed by atoms with E-state index in [-0.39, 0.29) is 23.7 Å². The van der Waals surface area contributed by atoms with Gasteiger partial charge >= 0.3 is 0 Å². The van der Waals surface area contributed by atoms with Crippen LogP contribution in [0, 0.1) is 12.7 Å². The van der Waals surface area contributed by atoms with Crippen LogP contribution in [0.25, 0.3) is 0 Å². The summed E-state index contributed by atoms with van der Waals surface area (Å²) in [6.45, 7) is 6.95. The minimum Gasteiger partial charge on any atom is -0.352 e. The van der Waals surface area contributed by atoms with Gasteiger partial charge in [0, 0.05) is 37.9 Å². The van der Waals surface area contributed by atoms with Crippen molar-refractivity contribution in [3.05, 3.63) is 29.6 Å². The van der Waals surface area contributed by atoms with E-state index in [2.05, 4.69) is 20.4 Å². The van der Waals surface area contributed by atoms with E-state index < -0.39 is 0 Å². The number of carbonyl (C=O) groups excluding carboxylic acids is 2. The van der Waals surface area contributed by atoms with Crippen molar-refractivity contribution in [2.45, 2.75) is 38.8 Å². The summed E-state index contributed by atoms with van der Waals surface area (Å²) in [7, 11) is 0. The summed E-state index contributed by atoms with van der Waals surface area (Å²) in [6, 6.07) is 4.79. The first kappa shape index (κ1) is 18.8. The van der Waals surface area contributed by atoms with E-state index in [1.165, 1.54) is 6.07 Å². The van der Waals surface area contributed by atoms with Gasteiger partial charge in [-0.15, -0.1) is 0 Å². The van der Waals surface area contributed by atoms with Crippen LogP contribution >= 0.6 is 0 Å². The van der Waals surface area contributed by atoms with Crippen LogP contribution < -0.4 is 10.6 Å². The summed E-state index contributed by atoms with van der Waals surface area (Å²) in [6.07, 6.45) is 2.19. The molecule has 0 bridgehead atoms. The zero-order valence-corrected chi connectivity index (χ0v) is 15.4. The largest absolute Gasteiger partial charge is 0.352 e. The van der Waals surface area contributed by atoms with Gasteiger partial charge in [0.05, 0.1) is 12.6 Å². The molecule has 3 rings (SSSR count). The number of carbonyl (C=O) groups is 2. The van der Waals surface area contributed by atoms with E-state index in [1.54, 1.807) is 19.1 Å². The second-order valence-corrected chi connectivity index (χ2v) is 7.28. The van der Waals surface area contributed by atoms with Crippen LogP contribution in [0.15, 0.2) is 18.2 Å². The summed E-state index contributed by atoms with van der Waals surface area (Å²) < 4.78 is 13.6. The topological polar surface area (TPSA) is 64.7 Å². The molecule has 1 aliphatic carbocycles. The van der Waals surface area contributed by atoms with Crippen molar-refractivity contribution in [2.75, 3.05) is 38.0 Å². The monoisotopic (exact) mass is 362 g/mol. The van der Waals surface area contributed by atoms with E-state index in [0.29, 0.717) is 23.8 Å². The van der Waals surface area contributed by atoms with Gasteiger partial charge in [0.2, 0.25) is 11.8 Å². The highest BCUT2D eigenvalue weighted by Crippen LogP contribution is 2.18. The fourth-order valence-corrected chi connectivity index (χ4v) is 3.10. The van der Waals surface area contributed by atoms with Crippen molar-refractivity contribution in [1.29, 1.82) is 0 Å². The smallest absolute Gasteiger partial charge is 0.241 e. The molecule has 142 valence electrons. The molecule has 6 nitrogen and oxygen atoms in total. The Labute approximate surface area is 153 Å². The van der Waals surface area contributed by atoms with Gasteiger partial charge in [-0.25, -0.2) is 4.39 Å². The van der Waals surface area contributed by atoms with E-state index in [0.717, 1.165) is 39.0 Å². The maximum absolute atomic E-state index is 13.6. The molecule has 1 aromatic rings. The molecule has 1 aromatic carbocycles. The first-order valence-corrected chi connectivity index (χ1v) is 9.25. The lowest BCUT2D eigenvalue weighted by Crippen LogP contribution is -2.54. The summed E-state index contributed by atoms with van der Waals surface area (Å²) in [5.74, 6) is -0.380. The van der Waals surface area contributed by atoms with E-state index in [1.807, 2.05) is 6.92 Å². The van der Waals surface area contributed by atoms with Gasteiger partial charge in [-0.1, -0.05) is 6.07 Å². The zero-order valence-electron chi connectivity index (χ0n) is 15.4. The zero-order chi connectivity index (χ0) is 18.7. The predicted octanol–water partition coefficient (Wildman–Crippen LogP) is 1.36. The molecule has 2 N–H and O–H groups in total. The summed E-state index contributed by atoms with van der Waals surface area (Å²) in [5.41, 5.74) is 1.03. The molecule has 0 radical (unpaired) electrons. The number of benzene rings is 1. The summed E-state index contributed by atoms with van der Waals surface area (Å²) >= 11 is 0. The molecule has 7 heteroatoms. The lowest BCUT2D eigenvalue weighted by atomic mass is 10.2. The van der Waals surface area contributed by atoms with Crippen molar-refractivity contribution in [3.8, 4) is 0 Å². The fourth-order valence-electron chi connectivity index (χ4n) is 3.10. The van der Waals surface area contributed by atoms with Crippen LogP contribution in [0.1, 0.15) is 25.3 Å². The Kier molecular flexibility index (Phi) is 5.88. The Hall–Kier alpha value is -1.99.